The van der Waals surface area contributed by atoms with Gasteiger partial charge in [0, 0.05) is 13.1 Å². The number of hydrogen-bond acceptors (Lipinski definition) is 5. The zero-order valence-electron chi connectivity index (χ0n) is 22.0. The number of nitrogens with zero attached hydrogens (tertiary/aromatic N) is 4. The Morgan fingerprint density at radius 2 is 1.84 bits per heavy atom. The normalized spacial score (nSPS) is 19.7. The van der Waals surface area contributed by atoms with E-state index < -0.39 is 12.2 Å². The first-order chi connectivity index (χ1) is 18.5. The standard InChI is InChI=1S/C29H35N5O4/c1-4-9-25-28(36)31(18-16-22-12-14-24(38-3)15-13-22)20-26-33(25)27(35)21-32(17-5-2)34(26)29(37)30-19-23-10-7-6-8-11-23/h2,6-8,10-15,25-26H,4,9,16-21H2,1,3H3,(H,30,37)/t25-,26-/m0/s1. The highest BCUT2D eigenvalue weighted by molar-refractivity contribution is 5.91. The van der Waals surface area contributed by atoms with Crippen LogP contribution in [0.25, 0.3) is 0 Å². The summed E-state index contributed by atoms with van der Waals surface area (Å²) in [6.45, 7) is 3.05. The van der Waals surface area contributed by atoms with Crippen molar-refractivity contribution in [2.45, 2.75) is 44.9 Å². The van der Waals surface area contributed by atoms with E-state index in [9.17, 15) is 14.4 Å². The number of piperazine rings is 1. The van der Waals surface area contributed by atoms with Gasteiger partial charge in [-0.2, -0.15) is 5.01 Å². The van der Waals surface area contributed by atoms with Gasteiger partial charge in [-0.25, -0.2) is 9.80 Å². The fourth-order valence-corrected chi connectivity index (χ4v) is 5.10. The summed E-state index contributed by atoms with van der Waals surface area (Å²) in [7, 11) is 1.62. The predicted molar refractivity (Wildman–Crippen MR) is 144 cm³/mol. The fourth-order valence-electron chi connectivity index (χ4n) is 5.10. The van der Waals surface area contributed by atoms with Gasteiger partial charge in [0.25, 0.3) is 0 Å². The lowest BCUT2D eigenvalue weighted by atomic mass is 10.0. The third-order valence-corrected chi connectivity index (χ3v) is 6.99. The highest BCUT2D eigenvalue weighted by Crippen LogP contribution is 2.28. The number of carbonyl (C=O) groups is 3. The largest absolute Gasteiger partial charge is 0.497 e. The molecule has 2 atom stereocenters. The smallest absolute Gasteiger partial charge is 0.334 e. The number of carbonyl (C=O) groups excluding carboxylic acids is 3. The minimum atomic E-state index is -0.648. The Morgan fingerprint density at radius 1 is 1.11 bits per heavy atom. The zero-order valence-corrected chi connectivity index (χ0v) is 22.0. The first-order valence-corrected chi connectivity index (χ1v) is 13.0. The topological polar surface area (TPSA) is 85.4 Å². The second-order valence-corrected chi connectivity index (χ2v) is 9.48. The molecule has 0 unspecified atom stereocenters. The van der Waals surface area contributed by atoms with Crippen molar-refractivity contribution in [1.29, 1.82) is 0 Å². The van der Waals surface area contributed by atoms with Gasteiger partial charge in [-0.05, 0) is 36.1 Å². The maximum Gasteiger partial charge on any atom is 0.334 e. The van der Waals surface area contributed by atoms with Crippen LogP contribution in [0.1, 0.15) is 30.9 Å². The molecule has 9 nitrogen and oxygen atoms in total. The van der Waals surface area contributed by atoms with Gasteiger partial charge < -0.3 is 19.9 Å². The number of hydrazine groups is 1. The predicted octanol–water partition coefficient (Wildman–Crippen LogP) is 2.48. The molecular weight excluding hydrogens is 482 g/mol. The SMILES string of the molecule is C#CCN1CC(=O)N2[C@@H](CCC)C(=O)N(CCc3ccc(OC)cc3)C[C@@H]2N1C(=O)NCc1ccccc1. The van der Waals surface area contributed by atoms with Gasteiger partial charge in [0.15, 0.2) is 0 Å². The molecule has 2 aliphatic rings. The second kappa shape index (κ2) is 12.5. The van der Waals surface area contributed by atoms with Crippen LogP contribution in [-0.2, 0) is 22.6 Å². The van der Waals surface area contributed by atoms with Crippen molar-refractivity contribution in [3.05, 3.63) is 65.7 Å². The van der Waals surface area contributed by atoms with E-state index in [2.05, 4.69) is 11.2 Å². The molecule has 0 spiro atoms. The lowest BCUT2D eigenvalue weighted by molar-refractivity contribution is -0.189. The van der Waals surface area contributed by atoms with Crippen LogP contribution in [0.15, 0.2) is 54.6 Å². The van der Waals surface area contributed by atoms with E-state index in [1.54, 1.807) is 26.9 Å². The molecule has 38 heavy (non-hydrogen) atoms. The van der Waals surface area contributed by atoms with E-state index in [0.717, 1.165) is 23.3 Å². The van der Waals surface area contributed by atoms with Crippen LogP contribution >= 0.6 is 0 Å². The Morgan fingerprint density at radius 3 is 2.50 bits per heavy atom. The van der Waals surface area contributed by atoms with E-state index in [0.29, 0.717) is 25.9 Å². The van der Waals surface area contributed by atoms with E-state index in [1.807, 2.05) is 61.5 Å². The number of ether oxygens (including phenoxy) is 1. The molecule has 0 bridgehead atoms. The van der Waals surface area contributed by atoms with Crippen LogP contribution in [0.3, 0.4) is 0 Å². The van der Waals surface area contributed by atoms with Crippen molar-refractivity contribution in [3.8, 4) is 18.1 Å². The highest BCUT2D eigenvalue weighted by atomic mass is 16.5. The van der Waals surface area contributed by atoms with Crippen molar-refractivity contribution in [2.75, 3.05) is 33.3 Å². The summed E-state index contributed by atoms with van der Waals surface area (Å²) in [6.07, 6.45) is 6.86. The molecule has 2 aliphatic heterocycles. The van der Waals surface area contributed by atoms with Crippen LogP contribution in [0.5, 0.6) is 5.75 Å². The summed E-state index contributed by atoms with van der Waals surface area (Å²) in [4.78, 5) is 43.8. The lowest BCUT2D eigenvalue weighted by Crippen LogP contribution is -2.76. The Kier molecular flexibility index (Phi) is 8.87. The van der Waals surface area contributed by atoms with E-state index in [1.165, 1.54) is 0 Å². The molecule has 2 saturated heterocycles. The Bertz CT molecular complexity index is 1160. The van der Waals surface area contributed by atoms with Gasteiger partial charge in [0.05, 0.1) is 26.7 Å². The Hall–Kier alpha value is -4.03. The summed E-state index contributed by atoms with van der Waals surface area (Å²) in [5.74, 6) is 3.06. The van der Waals surface area contributed by atoms with Crippen LogP contribution in [0.4, 0.5) is 4.79 Å². The third-order valence-electron chi connectivity index (χ3n) is 6.99. The van der Waals surface area contributed by atoms with Gasteiger partial charge >= 0.3 is 6.03 Å². The first-order valence-electron chi connectivity index (χ1n) is 13.0. The second-order valence-electron chi connectivity index (χ2n) is 9.48. The van der Waals surface area contributed by atoms with Crippen molar-refractivity contribution in [3.63, 3.8) is 0 Å². The number of fused-ring (bicyclic) bond motifs is 1. The molecule has 2 fully saturated rings. The Labute approximate surface area is 224 Å². The summed E-state index contributed by atoms with van der Waals surface area (Å²) in [6, 6.07) is 16.4. The maximum atomic E-state index is 13.6. The number of benzene rings is 2. The van der Waals surface area contributed by atoms with E-state index >= 15 is 0 Å². The molecule has 9 heteroatoms. The average Bonchev–Trinajstić information content (AvgIpc) is 2.93. The average molecular weight is 518 g/mol. The minimum Gasteiger partial charge on any atom is -0.497 e. The van der Waals surface area contributed by atoms with Crippen molar-refractivity contribution in [1.82, 2.24) is 25.1 Å². The number of hydrogen-bond donors (Lipinski definition) is 1. The summed E-state index contributed by atoms with van der Waals surface area (Å²) >= 11 is 0. The molecule has 1 N–H and O–H groups in total. The summed E-state index contributed by atoms with van der Waals surface area (Å²) in [5, 5.41) is 6.11. The van der Waals surface area contributed by atoms with Crippen molar-refractivity contribution in [2.24, 2.45) is 0 Å². The van der Waals surface area contributed by atoms with Gasteiger partial charge in [-0.15, -0.1) is 6.42 Å². The van der Waals surface area contributed by atoms with Crippen LogP contribution < -0.4 is 10.1 Å². The van der Waals surface area contributed by atoms with Crippen LogP contribution in [-0.4, -0.2) is 83.2 Å². The van der Waals surface area contributed by atoms with E-state index in [-0.39, 0.29) is 37.5 Å². The van der Waals surface area contributed by atoms with Gasteiger partial charge in [0.2, 0.25) is 11.8 Å². The molecule has 200 valence electrons. The highest BCUT2D eigenvalue weighted by Gasteiger charge is 2.50. The number of terminal acetylenes is 1. The quantitative estimate of drug-likeness (QED) is 0.517. The number of rotatable bonds is 9. The fraction of sp³-hybridized carbons (Fsp3) is 0.414. The molecule has 4 rings (SSSR count). The molecule has 0 saturated carbocycles. The minimum absolute atomic E-state index is 0.0567. The molecule has 0 aliphatic carbocycles. The molecule has 2 aromatic rings. The Balaban J connectivity index is 1.58. The van der Waals surface area contributed by atoms with Crippen LogP contribution in [0.2, 0.25) is 0 Å². The molecule has 0 aromatic heterocycles. The monoisotopic (exact) mass is 517 g/mol. The zero-order chi connectivity index (χ0) is 27.1. The van der Waals surface area contributed by atoms with Crippen molar-refractivity contribution >= 4 is 17.8 Å². The molecule has 0 radical (unpaired) electrons. The maximum absolute atomic E-state index is 13.6. The van der Waals surface area contributed by atoms with Crippen molar-refractivity contribution < 1.29 is 19.1 Å². The van der Waals surface area contributed by atoms with Crippen LogP contribution in [0, 0.1) is 12.3 Å². The van der Waals surface area contributed by atoms with Gasteiger partial charge in [-0.1, -0.05) is 61.7 Å². The number of nitrogens with one attached hydrogen (secondary N) is 1. The van der Waals surface area contributed by atoms with Gasteiger partial charge in [-0.3, -0.25) is 9.59 Å². The molecule has 2 aromatic carbocycles. The number of methoxy groups -OCH3 is 1. The molecular formula is C29H35N5O4. The first kappa shape index (κ1) is 27.0. The summed E-state index contributed by atoms with van der Waals surface area (Å²) < 4.78 is 5.24. The lowest BCUT2D eigenvalue weighted by Gasteiger charge is -2.55. The summed E-state index contributed by atoms with van der Waals surface area (Å²) in [5.41, 5.74) is 2.03. The van der Waals surface area contributed by atoms with E-state index in [4.69, 9.17) is 11.2 Å². The molecule has 4 amide bonds. The third kappa shape index (κ3) is 5.92. The molecule has 2 heterocycles. The number of amides is 4. The van der Waals surface area contributed by atoms with Gasteiger partial charge in [0.1, 0.15) is 18.0 Å². The number of urea groups is 1.